The molecule has 0 saturated heterocycles. The summed E-state index contributed by atoms with van der Waals surface area (Å²) < 4.78 is 9.97. The van der Waals surface area contributed by atoms with E-state index in [1.807, 2.05) is 13.8 Å². The smallest absolute Gasteiger partial charge is 0.407 e. The zero-order valence-corrected chi connectivity index (χ0v) is 17.1. The third-order valence-corrected chi connectivity index (χ3v) is 3.18. The number of rotatable bonds is 7. The molecule has 0 spiro atoms. The Morgan fingerprint density at radius 1 is 1.22 bits per heavy atom. The Balaban J connectivity index is 4.81. The minimum atomic E-state index is -0.777. The Morgan fingerprint density at radius 2 is 1.81 bits per heavy atom. The maximum atomic E-state index is 11.9. The van der Waals surface area contributed by atoms with E-state index in [1.54, 1.807) is 27.7 Å². The predicted molar refractivity (Wildman–Crippen MR) is 102 cm³/mol. The Hall–Kier alpha value is -2.58. The van der Waals surface area contributed by atoms with E-state index in [1.165, 1.54) is 6.92 Å². The molecule has 0 aromatic rings. The number of nitrogens with zero attached hydrogens (tertiary/aromatic N) is 1. The van der Waals surface area contributed by atoms with Gasteiger partial charge in [0.05, 0.1) is 18.9 Å². The average molecular weight is 385 g/mol. The first kappa shape index (κ1) is 24.4. The summed E-state index contributed by atoms with van der Waals surface area (Å²) in [5.41, 5.74) is -0.837. The van der Waals surface area contributed by atoms with E-state index in [0.29, 0.717) is 0 Å². The molecule has 154 valence electrons. The molecule has 0 fully saturated rings. The summed E-state index contributed by atoms with van der Waals surface area (Å²) in [5, 5.41) is 14.7. The molecule has 0 aromatic carbocycles. The van der Waals surface area contributed by atoms with Crippen LogP contribution in [0.25, 0.3) is 0 Å². The summed E-state index contributed by atoms with van der Waals surface area (Å²) in [7, 11) is 0. The van der Waals surface area contributed by atoms with E-state index in [0.717, 1.165) is 6.21 Å². The number of ether oxygens (including phenoxy) is 2. The van der Waals surface area contributed by atoms with Crippen molar-refractivity contribution in [1.29, 1.82) is 0 Å². The van der Waals surface area contributed by atoms with Crippen LogP contribution in [0.3, 0.4) is 0 Å². The fraction of sp³-hybridized carbons (Fsp3) is 0.667. The van der Waals surface area contributed by atoms with Crippen molar-refractivity contribution in [2.24, 2.45) is 10.9 Å². The van der Waals surface area contributed by atoms with Crippen LogP contribution in [0, 0.1) is 5.92 Å². The molecule has 3 N–H and O–H groups in total. The number of hydrogen-bond donors (Lipinski definition) is 3. The maximum absolute atomic E-state index is 11.9. The van der Waals surface area contributed by atoms with Gasteiger partial charge in [0.15, 0.2) is 0 Å². The Morgan fingerprint density at radius 3 is 2.26 bits per heavy atom. The number of carbonyl (C=O) groups is 3. The molecule has 27 heavy (non-hydrogen) atoms. The van der Waals surface area contributed by atoms with Crippen molar-refractivity contribution in [1.82, 2.24) is 10.6 Å². The molecule has 0 saturated carbocycles. The lowest BCUT2D eigenvalue weighted by Crippen LogP contribution is -2.47. The van der Waals surface area contributed by atoms with Gasteiger partial charge in [-0.1, -0.05) is 13.8 Å². The van der Waals surface area contributed by atoms with E-state index < -0.39 is 23.7 Å². The molecule has 0 heterocycles. The number of aliphatic imine (C=N–C) groups is 1. The number of allylic oxidation sites excluding steroid dienone is 1. The zero-order chi connectivity index (χ0) is 21.2. The monoisotopic (exact) mass is 385 g/mol. The van der Waals surface area contributed by atoms with Crippen LogP contribution < -0.4 is 10.6 Å². The van der Waals surface area contributed by atoms with Gasteiger partial charge in [-0.3, -0.25) is 0 Å². The van der Waals surface area contributed by atoms with Gasteiger partial charge >= 0.3 is 18.1 Å². The van der Waals surface area contributed by atoms with Crippen LogP contribution >= 0.6 is 0 Å². The lowest BCUT2D eigenvalue weighted by molar-refractivity contribution is -0.138. The van der Waals surface area contributed by atoms with E-state index in [-0.39, 0.29) is 36.4 Å². The highest BCUT2D eigenvalue weighted by Gasteiger charge is 2.22. The first-order chi connectivity index (χ1) is 12.4. The molecule has 0 aromatic heterocycles. The first-order valence-electron chi connectivity index (χ1n) is 8.75. The van der Waals surface area contributed by atoms with Gasteiger partial charge in [0.1, 0.15) is 16.9 Å². The molecule has 0 bridgehead atoms. The molecule has 0 rings (SSSR count). The number of nitrogens with one attached hydrogen (secondary N) is 2. The second-order valence-electron chi connectivity index (χ2n) is 7.16. The number of aliphatic hydroxyl groups is 1. The number of urea groups is 1. The lowest BCUT2D eigenvalue weighted by Gasteiger charge is -2.25. The van der Waals surface area contributed by atoms with E-state index >= 15 is 0 Å². The largest absolute Gasteiger partial charge is 0.512 e. The molecule has 0 unspecified atom stereocenters. The minimum absolute atomic E-state index is 0.0245. The van der Waals surface area contributed by atoms with Crippen molar-refractivity contribution >= 4 is 24.3 Å². The van der Waals surface area contributed by atoms with Crippen LogP contribution in [-0.2, 0) is 14.3 Å². The van der Waals surface area contributed by atoms with Gasteiger partial charge in [0.2, 0.25) is 0 Å². The van der Waals surface area contributed by atoms with Gasteiger partial charge in [0, 0.05) is 6.54 Å². The van der Waals surface area contributed by atoms with Gasteiger partial charge in [0.25, 0.3) is 0 Å². The summed E-state index contributed by atoms with van der Waals surface area (Å²) >= 11 is 0. The quantitative estimate of drug-likeness (QED) is 0.268. The highest BCUT2D eigenvalue weighted by atomic mass is 16.6. The number of aliphatic hydroxyl groups excluding tert-OH is 1. The first-order valence-corrected chi connectivity index (χ1v) is 8.75. The third kappa shape index (κ3) is 10.9. The molecule has 0 aliphatic rings. The van der Waals surface area contributed by atoms with Gasteiger partial charge in [-0.25, -0.2) is 19.4 Å². The summed E-state index contributed by atoms with van der Waals surface area (Å²) in [6.45, 7) is 12.2. The average Bonchev–Trinajstić information content (AvgIpc) is 2.49. The molecular weight excluding hydrogens is 354 g/mol. The van der Waals surface area contributed by atoms with Crippen molar-refractivity contribution in [3.8, 4) is 0 Å². The topological polar surface area (TPSA) is 126 Å². The number of alkyl carbamates (subject to hydrolysis) is 1. The van der Waals surface area contributed by atoms with Crippen molar-refractivity contribution in [3.63, 3.8) is 0 Å². The molecule has 9 nitrogen and oxygen atoms in total. The number of carbonyl (C=O) groups excluding carboxylic acids is 3. The van der Waals surface area contributed by atoms with E-state index in [4.69, 9.17) is 9.47 Å². The van der Waals surface area contributed by atoms with Crippen LogP contribution in [-0.4, -0.2) is 54.2 Å². The number of hydrogen-bond acceptors (Lipinski definition) is 6. The molecule has 0 aliphatic heterocycles. The van der Waals surface area contributed by atoms with Crippen molar-refractivity contribution in [2.45, 2.75) is 60.1 Å². The predicted octanol–water partition coefficient (Wildman–Crippen LogP) is 2.71. The van der Waals surface area contributed by atoms with Gasteiger partial charge in [-0.15, -0.1) is 0 Å². The van der Waals surface area contributed by atoms with Crippen molar-refractivity contribution in [3.05, 3.63) is 11.3 Å². The highest BCUT2D eigenvalue weighted by molar-refractivity contribution is 6.11. The van der Waals surface area contributed by atoms with Crippen LogP contribution in [0.1, 0.15) is 48.5 Å². The van der Waals surface area contributed by atoms with Crippen LogP contribution in [0.2, 0.25) is 0 Å². The number of esters is 1. The standard InChI is InChI=1S/C18H31N3O6/c1-8-26-15(23)13(12(4)22)9-19-16(24)20-10-14(11(2)3)21-17(25)27-18(5,6)7/h9,11,14,22H,8,10H2,1-7H3,(H,20,24)(H,21,25)/t14-/m1/s1. The highest BCUT2D eigenvalue weighted by Crippen LogP contribution is 2.08. The molecule has 1 atom stereocenters. The summed E-state index contributed by atoms with van der Waals surface area (Å²) in [6, 6.07) is -1.10. The van der Waals surface area contributed by atoms with Gasteiger partial charge in [-0.2, -0.15) is 0 Å². The second kappa shape index (κ2) is 11.2. The summed E-state index contributed by atoms with van der Waals surface area (Å²) in [6.07, 6.45) is 0.358. The van der Waals surface area contributed by atoms with Crippen LogP contribution in [0.15, 0.2) is 16.3 Å². The third-order valence-electron chi connectivity index (χ3n) is 3.18. The fourth-order valence-corrected chi connectivity index (χ4v) is 1.78. The van der Waals surface area contributed by atoms with E-state index in [2.05, 4.69) is 15.6 Å². The van der Waals surface area contributed by atoms with E-state index in [9.17, 15) is 19.5 Å². The lowest BCUT2D eigenvalue weighted by atomic mass is 10.0. The summed E-state index contributed by atoms with van der Waals surface area (Å²) in [5.74, 6) is -1.06. The van der Waals surface area contributed by atoms with Gasteiger partial charge in [-0.05, 0) is 40.5 Å². The van der Waals surface area contributed by atoms with Crippen LogP contribution in [0.5, 0.6) is 0 Å². The molecular formula is C18H31N3O6. The van der Waals surface area contributed by atoms with Gasteiger partial charge < -0.3 is 25.2 Å². The van der Waals surface area contributed by atoms with Crippen LogP contribution in [0.4, 0.5) is 9.59 Å². The Bertz CT molecular complexity index is 586. The normalized spacial score (nSPS) is 13.8. The molecule has 9 heteroatoms. The Labute approximate surface area is 160 Å². The zero-order valence-electron chi connectivity index (χ0n) is 17.1. The second-order valence-corrected chi connectivity index (χ2v) is 7.16. The SMILES string of the molecule is CCOC(=O)C(C=NC(=O)NC[C@@H](NC(=O)OC(C)(C)C)C(C)C)=C(C)O. The van der Waals surface area contributed by atoms with Crippen molar-refractivity contribution in [2.75, 3.05) is 13.2 Å². The number of amides is 3. The molecule has 3 amide bonds. The molecule has 0 radical (unpaired) electrons. The Kier molecular flexibility index (Phi) is 10.1. The van der Waals surface area contributed by atoms with Crippen molar-refractivity contribution < 1.29 is 29.0 Å². The maximum Gasteiger partial charge on any atom is 0.407 e. The fourth-order valence-electron chi connectivity index (χ4n) is 1.78. The minimum Gasteiger partial charge on any atom is -0.512 e. The summed E-state index contributed by atoms with van der Waals surface area (Å²) in [4.78, 5) is 39.0. The molecule has 0 aliphatic carbocycles.